The van der Waals surface area contributed by atoms with Crippen molar-refractivity contribution in [2.45, 2.75) is 40.2 Å². The summed E-state index contributed by atoms with van der Waals surface area (Å²) in [7, 11) is 0. The first-order chi connectivity index (χ1) is 8.86. The second-order valence-corrected chi connectivity index (χ2v) is 8.04. The van der Waals surface area contributed by atoms with E-state index >= 15 is 0 Å². The minimum absolute atomic E-state index is 0.239. The molecule has 2 nitrogen and oxygen atoms in total. The standard InChI is InChI=1S/C15H21BrN2S/c1-10-9-11(16)5-6-12(10)17-14-18-13(7-8-19-14)15(2,3)4/h5-6,9,13H,7-8H2,1-4H3,(H,17,18). The number of nitrogens with one attached hydrogen (secondary N) is 1. The molecular weight excluding hydrogens is 320 g/mol. The van der Waals surface area contributed by atoms with Gasteiger partial charge >= 0.3 is 0 Å². The molecule has 0 radical (unpaired) electrons. The summed E-state index contributed by atoms with van der Waals surface area (Å²) < 4.78 is 1.11. The summed E-state index contributed by atoms with van der Waals surface area (Å²) >= 11 is 5.31. The van der Waals surface area contributed by atoms with Gasteiger partial charge in [0, 0.05) is 15.9 Å². The number of halogens is 1. The zero-order chi connectivity index (χ0) is 14.0. The molecule has 0 aliphatic carbocycles. The predicted molar refractivity (Wildman–Crippen MR) is 90.3 cm³/mol. The fourth-order valence-corrected chi connectivity index (χ4v) is 3.48. The molecule has 0 aromatic heterocycles. The lowest BCUT2D eigenvalue weighted by Crippen LogP contribution is -2.30. The van der Waals surface area contributed by atoms with Crippen molar-refractivity contribution in [3.63, 3.8) is 0 Å². The molecule has 0 spiro atoms. The highest BCUT2D eigenvalue weighted by Crippen LogP contribution is 2.31. The van der Waals surface area contributed by atoms with E-state index in [4.69, 9.17) is 4.99 Å². The van der Waals surface area contributed by atoms with Crippen LogP contribution in [0.1, 0.15) is 32.8 Å². The first-order valence-electron chi connectivity index (χ1n) is 6.60. The van der Waals surface area contributed by atoms with E-state index in [1.807, 2.05) is 11.8 Å². The van der Waals surface area contributed by atoms with Crippen LogP contribution in [0.5, 0.6) is 0 Å². The van der Waals surface area contributed by atoms with Gasteiger partial charge in [-0.25, -0.2) is 0 Å². The van der Waals surface area contributed by atoms with Crippen LogP contribution >= 0.6 is 27.7 Å². The van der Waals surface area contributed by atoms with E-state index in [-0.39, 0.29) is 5.41 Å². The highest BCUT2D eigenvalue weighted by atomic mass is 79.9. The molecule has 0 saturated heterocycles. The highest BCUT2D eigenvalue weighted by Gasteiger charge is 2.27. The Bertz CT molecular complexity index is 491. The average molecular weight is 341 g/mol. The summed E-state index contributed by atoms with van der Waals surface area (Å²) in [6.45, 7) is 8.90. The van der Waals surface area contributed by atoms with Gasteiger partial charge in [0.25, 0.3) is 0 Å². The Labute approximate surface area is 128 Å². The van der Waals surface area contributed by atoms with Crippen molar-refractivity contribution in [1.82, 2.24) is 0 Å². The van der Waals surface area contributed by atoms with Gasteiger partial charge in [-0.05, 0) is 42.5 Å². The van der Waals surface area contributed by atoms with Crippen molar-refractivity contribution in [2.24, 2.45) is 10.4 Å². The van der Waals surface area contributed by atoms with Gasteiger partial charge in [0.1, 0.15) is 0 Å². The number of anilines is 1. The zero-order valence-corrected chi connectivity index (χ0v) is 14.4. The number of aliphatic imine (C=N–C) groups is 1. The molecule has 1 aromatic rings. The quantitative estimate of drug-likeness (QED) is 0.771. The molecule has 104 valence electrons. The highest BCUT2D eigenvalue weighted by molar-refractivity contribution is 9.10. The number of aryl methyl sites for hydroxylation is 1. The SMILES string of the molecule is Cc1cc(Br)ccc1NC1=NC(C(C)(C)C)CCS1. The third-order valence-corrected chi connectivity index (χ3v) is 4.75. The van der Waals surface area contributed by atoms with Crippen molar-refractivity contribution in [3.8, 4) is 0 Å². The molecule has 0 amide bonds. The maximum absolute atomic E-state index is 4.87. The maximum atomic E-state index is 4.87. The van der Waals surface area contributed by atoms with Crippen LogP contribution in [0.15, 0.2) is 27.7 Å². The summed E-state index contributed by atoms with van der Waals surface area (Å²) in [5.41, 5.74) is 2.61. The van der Waals surface area contributed by atoms with Crippen molar-refractivity contribution < 1.29 is 0 Å². The monoisotopic (exact) mass is 340 g/mol. The lowest BCUT2D eigenvalue weighted by molar-refractivity contribution is 0.316. The Morgan fingerprint density at radius 2 is 2.11 bits per heavy atom. The van der Waals surface area contributed by atoms with Gasteiger partial charge < -0.3 is 5.32 Å². The van der Waals surface area contributed by atoms with Crippen LogP contribution in [0.4, 0.5) is 5.69 Å². The van der Waals surface area contributed by atoms with Crippen LogP contribution in [-0.2, 0) is 0 Å². The maximum Gasteiger partial charge on any atom is 0.161 e. The smallest absolute Gasteiger partial charge is 0.161 e. The van der Waals surface area contributed by atoms with Crippen LogP contribution in [-0.4, -0.2) is 17.0 Å². The fourth-order valence-electron chi connectivity index (χ4n) is 2.09. The molecule has 2 rings (SSSR count). The van der Waals surface area contributed by atoms with E-state index < -0.39 is 0 Å². The zero-order valence-electron chi connectivity index (χ0n) is 12.0. The summed E-state index contributed by atoms with van der Waals surface area (Å²) in [5, 5.41) is 4.52. The lowest BCUT2D eigenvalue weighted by Gasteiger charge is -2.31. The number of rotatable bonds is 1. The summed E-state index contributed by atoms with van der Waals surface area (Å²) in [6.07, 6.45) is 1.17. The molecule has 19 heavy (non-hydrogen) atoms. The van der Waals surface area contributed by atoms with Crippen molar-refractivity contribution in [3.05, 3.63) is 28.2 Å². The van der Waals surface area contributed by atoms with Crippen molar-refractivity contribution in [1.29, 1.82) is 0 Å². The molecule has 1 atom stereocenters. The lowest BCUT2D eigenvalue weighted by atomic mass is 9.85. The minimum atomic E-state index is 0.239. The molecule has 1 aliphatic heterocycles. The number of amidine groups is 1. The van der Waals surface area contributed by atoms with E-state index in [1.54, 1.807) is 0 Å². The Morgan fingerprint density at radius 3 is 2.74 bits per heavy atom. The Hall–Kier alpha value is -0.480. The first-order valence-corrected chi connectivity index (χ1v) is 8.38. The van der Waals surface area contributed by atoms with Gasteiger partial charge in [-0.3, -0.25) is 4.99 Å². The summed E-state index contributed by atoms with van der Waals surface area (Å²) in [5.74, 6) is 1.14. The Morgan fingerprint density at radius 1 is 1.37 bits per heavy atom. The van der Waals surface area contributed by atoms with E-state index in [9.17, 15) is 0 Å². The Balaban J connectivity index is 2.16. The molecule has 1 aliphatic rings. The molecule has 0 bridgehead atoms. The average Bonchev–Trinajstić information content (AvgIpc) is 2.32. The van der Waals surface area contributed by atoms with Gasteiger partial charge in [0.2, 0.25) is 0 Å². The molecular formula is C15H21BrN2S. The third kappa shape index (κ3) is 3.99. The molecule has 1 aromatic carbocycles. The third-order valence-electron chi connectivity index (χ3n) is 3.33. The number of hydrogen-bond donors (Lipinski definition) is 1. The normalized spacial score (nSPS) is 20.1. The molecule has 1 unspecified atom stereocenters. The van der Waals surface area contributed by atoms with Gasteiger partial charge in [-0.1, -0.05) is 48.5 Å². The summed E-state index contributed by atoms with van der Waals surface area (Å²) in [6, 6.07) is 6.69. The van der Waals surface area contributed by atoms with Crippen LogP contribution in [0, 0.1) is 12.3 Å². The number of benzene rings is 1. The Kier molecular flexibility index (Phi) is 4.62. The molecule has 0 fully saturated rings. The van der Waals surface area contributed by atoms with Gasteiger partial charge in [-0.2, -0.15) is 0 Å². The van der Waals surface area contributed by atoms with Gasteiger partial charge in [0.05, 0.1) is 6.04 Å². The van der Waals surface area contributed by atoms with Crippen molar-refractivity contribution in [2.75, 3.05) is 11.1 Å². The number of thioether (sulfide) groups is 1. The minimum Gasteiger partial charge on any atom is -0.335 e. The number of nitrogens with zero attached hydrogens (tertiary/aromatic N) is 1. The van der Waals surface area contributed by atoms with Crippen molar-refractivity contribution >= 4 is 38.5 Å². The largest absolute Gasteiger partial charge is 0.335 e. The molecule has 1 heterocycles. The fraction of sp³-hybridized carbons (Fsp3) is 0.533. The van der Waals surface area contributed by atoms with E-state index in [0.717, 1.165) is 21.1 Å². The van der Waals surface area contributed by atoms with E-state index in [1.165, 1.54) is 12.0 Å². The van der Waals surface area contributed by atoms with E-state index in [2.05, 4.69) is 67.1 Å². The van der Waals surface area contributed by atoms with Crippen LogP contribution in [0.25, 0.3) is 0 Å². The molecule has 4 heteroatoms. The van der Waals surface area contributed by atoms with Crippen LogP contribution in [0.3, 0.4) is 0 Å². The molecule has 0 saturated carbocycles. The summed E-state index contributed by atoms with van der Waals surface area (Å²) in [4.78, 5) is 4.87. The van der Waals surface area contributed by atoms with Crippen LogP contribution < -0.4 is 5.32 Å². The number of hydrogen-bond acceptors (Lipinski definition) is 3. The second-order valence-electron chi connectivity index (χ2n) is 6.04. The van der Waals surface area contributed by atoms with Crippen LogP contribution in [0.2, 0.25) is 0 Å². The van der Waals surface area contributed by atoms with Gasteiger partial charge in [-0.15, -0.1) is 0 Å². The topological polar surface area (TPSA) is 24.4 Å². The predicted octanol–water partition coefficient (Wildman–Crippen LogP) is 5.08. The van der Waals surface area contributed by atoms with Gasteiger partial charge in [0.15, 0.2) is 5.17 Å². The molecule has 1 N–H and O–H groups in total. The second kappa shape index (κ2) is 5.88. The van der Waals surface area contributed by atoms with E-state index in [0.29, 0.717) is 6.04 Å². The first kappa shape index (κ1) is 14.9.